The van der Waals surface area contributed by atoms with E-state index in [1.165, 1.54) is 11.3 Å². The van der Waals surface area contributed by atoms with Crippen molar-refractivity contribution < 1.29 is 0 Å². The first-order valence-electron chi connectivity index (χ1n) is 4.38. The van der Waals surface area contributed by atoms with E-state index in [-0.39, 0.29) is 0 Å². The zero-order chi connectivity index (χ0) is 8.60. The Morgan fingerprint density at radius 1 is 1.25 bits per heavy atom. The van der Waals surface area contributed by atoms with E-state index in [1.54, 1.807) is 0 Å². The highest BCUT2D eigenvalue weighted by atomic mass is 14.9. The Balaban J connectivity index is 2.52. The van der Waals surface area contributed by atoms with Crippen molar-refractivity contribution in [2.24, 2.45) is 0 Å². The summed E-state index contributed by atoms with van der Waals surface area (Å²) in [6.07, 6.45) is 1.10. The summed E-state index contributed by atoms with van der Waals surface area (Å²) in [5.41, 5.74) is 2.98. The van der Waals surface area contributed by atoms with Gasteiger partial charge in [-0.2, -0.15) is 0 Å². The number of para-hydroxylation sites is 1. The lowest BCUT2D eigenvalue weighted by molar-refractivity contribution is 0.508. The van der Waals surface area contributed by atoms with Gasteiger partial charge in [0, 0.05) is 12.2 Å². The van der Waals surface area contributed by atoms with Crippen molar-refractivity contribution in [3.8, 4) is 0 Å². The van der Waals surface area contributed by atoms with Gasteiger partial charge in [-0.3, -0.25) is 0 Å². The van der Waals surface area contributed by atoms with Crippen molar-refractivity contribution in [1.29, 1.82) is 0 Å². The second kappa shape index (κ2) is 2.51. The third-order valence-electron chi connectivity index (χ3n) is 2.53. The fourth-order valence-electron chi connectivity index (χ4n) is 1.73. The van der Waals surface area contributed by atoms with Gasteiger partial charge in [-0.05, 0) is 23.5 Å². The zero-order valence-electron chi connectivity index (χ0n) is 7.59. The maximum atomic E-state index is 3.29. The lowest BCUT2D eigenvalue weighted by Crippen LogP contribution is -2.25. The van der Waals surface area contributed by atoms with Crippen LogP contribution in [-0.4, -0.2) is 0 Å². The average Bonchev–Trinajstić information content (AvgIpc) is 2.04. The van der Waals surface area contributed by atoms with Gasteiger partial charge in [0.2, 0.25) is 0 Å². The number of fused-ring (bicyclic) bond motifs is 1. The molecule has 1 aromatic rings. The molecule has 1 nitrogen and oxygen atoms in total. The fraction of sp³-hybridized carbons (Fsp3) is 0.364. The van der Waals surface area contributed by atoms with Gasteiger partial charge in [-0.15, -0.1) is 0 Å². The highest BCUT2D eigenvalue weighted by molar-refractivity contribution is 5.57. The van der Waals surface area contributed by atoms with Crippen LogP contribution in [0.2, 0.25) is 0 Å². The molecule has 0 saturated carbocycles. The number of rotatable bonds is 0. The molecule has 63 valence electrons. The predicted octanol–water partition coefficient (Wildman–Crippen LogP) is 2.94. The smallest absolute Gasteiger partial charge is 0.0471 e. The van der Waals surface area contributed by atoms with Crippen molar-refractivity contribution >= 4 is 5.69 Å². The molecular weight excluding hydrogens is 146 g/mol. The van der Waals surface area contributed by atoms with Crippen LogP contribution in [0.15, 0.2) is 24.3 Å². The molecule has 0 unspecified atom stereocenters. The molecule has 0 spiro atoms. The third kappa shape index (κ3) is 1.09. The molecule has 0 bridgehead atoms. The Morgan fingerprint density at radius 2 is 2.00 bits per heavy atom. The van der Waals surface area contributed by atoms with E-state index in [0.717, 1.165) is 6.42 Å². The second-order valence-corrected chi connectivity index (χ2v) is 3.98. The van der Waals surface area contributed by atoms with Crippen molar-refractivity contribution in [2.45, 2.75) is 25.7 Å². The van der Waals surface area contributed by atoms with Gasteiger partial charge in [-0.1, -0.05) is 32.0 Å². The summed E-state index contributed by atoms with van der Waals surface area (Å²) in [4.78, 5) is 0. The molecule has 0 aromatic heterocycles. The minimum absolute atomic E-state index is 0.293. The molecule has 1 N–H and O–H groups in total. The Bertz CT molecular complexity index is 289. The summed E-state index contributed by atoms with van der Waals surface area (Å²) in [6, 6.07) is 8.51. The van der Waals surface area contributed by atoms with Gasteiger partial charge in [0.15, 0.2) is 0 Å². The molecule has 12 heavy (non-hydrogen) atoms. The van der Waals surface area contributed by atoms with Crippen LogP contribution in [0.1, 0.15) is 25.8 Å². The highest BCUT2D eigenvalue weighted by Gasteiger charge is 2.26. The van der Waals surface area contributed by atoms with Crippen LogP contribution in [0, 0.1) is 6.54 Å². The Kier molecular flexibility index (Phi) is 1.60. The molecule has 1 radical (unpaired) electrons. The number of benzene rings is 1. The van der Waals surface area contributed by atoms with Gasteiger partial charge in [-0.25, -0.2) is 0 Å². The minimum Gasteiger partial charge on any atom is -0.380 e. The molecule has 1 heterocycles. The van der Waals surface area contributed by atoms with Crippen LogP contribution in [0.5, 0.6) is 0 Å². The molecule has 0 aliphatic carbocycles. The molecule has 1 aromatic carbocycles. The normalized spacial score (nSPS) is 19.5. The van der Waals surface area contributed by atoms with Crippen molar-refractivity contribution in [3.63, 3.8) is 0 Å². The molecule has 1 aliphatic heterocycles. The van der Waals surface area contributed by atoms with Crippen molar-refractivity contribution in [2.75, 3.05) is 5.32 Å². The summed E-state index contributed by atoms with van der Waals surface area (Å²) in [6.45, 7) is 6.70. The van der Waals surface area contributed by atoms with Crippen LogP contribution in [0.3, 0.4) is 0 Å². The summed E-state index contributed by atoms with van der Waals surface area (Å²) in [5, 5.41) is 3.29. The van der Waals surface area contributed by atoms with Crippen LogP contribution >= 0.6 is 0 Å². The van der Waals surface area contributed by atoms with Crippen LogP contribution in [-0.2, 0) is 5.41 Å². The van der Waals surface area contributed by atoms with Crippen LogP contribution < -0.4 is 5.32 Å². The first-order valence-corrected chi connectivity index (χ1v) is 4.38. The Labute approximate surface area is 73.8 Å². The molecule has 1 aliphatic rings. The average molecular weight is 160 g/mol. The topological polar surface area (TPSA) is 12.0 Å². The number of hydrogen-bond donors (Lipinski definition) is 1. The largest absolute Gasteiger partial charge is 0.380 e. The minimum atomic E-state index is 0.293. The van der Waals surface area contributed by atoms with E-state index in [0.29, 0.717) is 5.41 Å². The molecule has 0 fully saturated rings. The van der Waals surface area contributed by atoms with Gasteiger partial charge < -0.3 is 5.32 Å². The van der Waals surface area contributed by atoms with Crippen LogP contribution in [0.25, 0.3) is 0 Å². The lowest BCUT2D eigenvalue weighted by atomic mass is 9.78. The van der Waals surface area contributed by atoms with Crippen LogP contribution in [0.4, 0.5) is 5.69 Å². The Morgan fingerprint density at radius 3 is 2.75 bits per heavy atom. The molecule has 0 amide bonds. The van der Waals surface area contributed by atoms with E-state index >= 15 is 0 Å². The summed E-state index contributed by atoms with van der Waals surface area (Å²) in [7, 11) is 0. The fourth-order valence-corrected chi connectivity index (χ4v) is 1.73. The summed E-state index contributed by atoms with van der Waals surface area (Å²) < 4.78 is 0. The summed E-state index contributed by atoms with van der Waals surface area (Å²) in [5.74, 6) is 0. The van der Waals surface area contributed by atoms with E-state index in [1.807, 2.05) is 0 Å². The molecule has 1 heteroatoms. The summed E-state index contributed by atoms with van der Waals surface area (Å²) >= 11 is 0. The molecule has 2 rings (SSSR count). The first-order chi connectivity index (χ1) is 5.70. The van der Waals surface area contributed by atoms with E-state index < -0.39 is 0 Å². The quantitative estimate of drug-likeness (QED) is 0.615. The zero-order valence-corrected chi connectivity index (χ0v) is 7.59. The highest BCUT2D eigenvalue weighted by Crippen LogP contribution is 2.37. The Hall–Kier alpha value is -0.980. The number of anilines is 1. The van der Waals surface area contributed by atoms with Gasteiger partial charge in [0.05, 0.1) is 0 Å². The van der Waals surface area contributed by atoms with E-state index in [2.05, 4.69) is 50.0 Å². The van der Waals surface area contributed by atoms with E-state index in [9.17, 15) is 0 Å². The number of nitrogens with one attached hydrogen (secondary N) is 1. The van der Waals surface area contributed by atoms with Crippen molar-refractivity contribution in [1.82, 2.24) is 0 Å². The lowest BCUT2D eigenvalue weighted by Gasteiger charge is -2.32. The first kappa shape index (κ1) is 7.66. The third-order valence-corrected chi connectivity index (χ3v) is 2.53. The van der Waals surface area contributed by atoms with E-state index in [4.69, 9.17) is 0 Å². The standard InChI is InChI=1S/C11H14N/c1-11(2)7-8-12-10-6-4-3-5-9(10)11/h3-6,8,12H,7H2,1-2H3. The SMILES string of the molecule is CC1(C)C[CH]Nc2ccccc21. The molecule has 0 saturated heterocycles. The maximum absolute atomic E-state index is 3.29. The van der Waals surface area contributed by atoms with Gasteiger partial charge >= 0.3 is 0 Å². The monoisotopic (exact) mass is 160 g/mol. The molecular formula is C11H14N. The maximum Gasteiger partial charge on any atom is 0.0471 e. The predicted molar refractivity (Wildman–Crippen MR) is 52.0 cm³/mol. The van der Waals surface area contributed by atoms with Gasteiger partial charge in [0.1, 0.15) is 0 Å². The second-order valence-electron chi connectivity index (χ2n) is 3.98. The molecule has 0 atom stereocenters. The van der Waals surface area contributed by atoms with Gasteiger partial charge in [0.25, 0.3) is 0 Å². The van der Waals surface area contributed by atoms with Crippen molar-refractivity contribution in [3.05, 3.63) is 36.4 Å². The number of hydrogen-bond acceptors (Lipinski definition) is 1.